The summed E-state index contributed by atoms with van der Waals surface area (Å²) in [4.78, 5) is 0. The monoisotopic (exact) mass is 233 g/mol. The molecule has 0 fully saturated rings. The molecule has 0 amide bonds. The molecular formula is C11H14F3NO. The molecule has 0 atom stereocenters. The number of halogens is 3. The van der Waals surface area contributed by atoms with Crippen LogP contribution in [0.25, 0.3) is 6.08 Å². The van der Waals surface area contributed by atoms with E-state index in [9.17, 15) is 13.2 Å². The first kappa shape index (κ1) is 14.3. The van der Waals surface area contributed by atoms with Crippen LogP contribution in [0.4, 0.5) is 18.9 Å². The van der Waals surface area contributed by atoms with Crippen LogP contribution in [0.1, 0.15) is 18.6 Å². The Kier molecular flexibility index (Phi) is 4.41. The molecule has 1 aromatic carbocycles. The number of benzene rings is 1. The number of anilines is 1. The first-order valence-corrected chi connectivity index (χ1v) is 4.12. The quantitative estimate of drug-likeness (QED) is 0.789. The van der Waals surface area contributed by atoms with Crippen LogP contribution < -0.4 is 10.5 Å². The number of hydrogen-bond donors (Lipinski definition) is 1. The smallest absolute Gasteiger partial charge is 0.406 e. The molecule has 90 valence electrons. The lowest BCUT2D eigenvalue weighted by Gasteiger charge is -2.12. The Morgan fingerprint density at radius 3 is 2.38 bits per heavy atom. The summed E-state index contributed by atoms with van der Waals surface area (Å²) in [5.41, 5.74) is 6.97. The lowest BCUT2D eigenvalue weighted by Crippen LogP contribution is -2.17. The van der Waals surface area contributed by atoms with Crippen LogP contribution in [-0.4, -0.2) is 6.36 Å². The first-order chi connectivity index (χ1) is 6.83. The van der Waals surface area contributed by atoms with Crippen molar-refractivity contribution in [3.05, 3.63) is 29.8 Å². The van der Waals surface area contributed by atoms with Crippen LogP contribution in [-0.2, 0) is 0 Å². The fourth-order valence-electron chi connectivity index (χ4n) is 1.14. The Bertz CT molecular complexity index is 386. The molecule has 0 radical (unpaired) electrons. The first-order valence-electron chi connectivity index (χ1n) is 4.12. The maximum atomic E-state index is 11.9. The van der Waals surface area contributed by atoms with Crippen LogP contribution in [0, 0.1) is 6.92 Å². The Morgan fingerprint density at radius 2 is 1.94 bits per heavy atom. The second kappa shape index (κ2) is 4.92. The van der Waals surface area contributed by atoms with E-state index in [-0.39, 0.29) is 18.9 Å². The molecule has 0 unspecified atom stereocenters. The van der Waals surface area contributed by atoms with Gasteiger partial charge in [0.15, 0.2) is 0 Å². The number of nitrogen functional groups attached to an aromatic ring is 1. The molecule has 0 aliphatic carbocycles. The van der Waals surface area contributed by atoms with Gasteiger partial charge in [-0.1, -0.05) is 20.1 Å². The van der Waals surface area contributed by atoms with E-state index in [1.165, 1.54) is 12.1 Å². The van der Waals surface area contributed by atoms with E-state index >= 15 is 0 Å². The van der Waals surface area contributed by atoms with E-state index < -0.39 is 6.36 Å². The minimum atomic E-state index is -4.71. The lowest BCUT2D eigenvalue weighted by atomic mass is 10.1. The van der Waals surface area contributed by atoms with Crippen LogP contribution in [0.5, 0.6) is 5.75 Å². The Balaban J connectivity index is 0.00000225. The predicted molar refractivity (Wildman–Crippen MR) is 59.1 cm³/mol. The zero-order valence-electron chi connectivity index (χ0n) is 8.06. The summed E-state index contributed by atoms with van der Waals surface area (Å²) < 4.78 is 39.5. The van der Waals surface area contributed by atoms with Gasteiger partial charge < -0.3 is 10.5 Å². The highest BCUT2D eigenvalue weighted by atomic mass is 19.4. The van der Waals surface area contributed by atoms with Gasteiger partial charge in [-0.05, 0) is 24.1 Å². The SMILES string of the molecule is C.C=Cc1cc(OC(F)(F)F)cc(N)c1C. The molecule has 2 N–H and O–H groups in total. The fraction of sp³-hybridized carbons (Fsp3) is 0.273. The van der Waals surface area contributed by atoms with E-state index in [1.54, 1.807) is 6.92 Å². The lowest BCUT2D eigenvalue weighted by molar-refractivity contribution is -0.274. The Morgan fingerprint density at radius 1 is 1.38 bits per heavy atom. The highest BCUT2D eigenvalue weighted by Crippen LogP contribution is 2.29. The van der Waals surface area contributed by atoms with E-state index in [2.05, 4.69) is 11.3 Å². The van der Waals surface area contributed by atoms with Crippen molar-refractivity contribution < 1.29 is 17.9 Å². The van der Waals surface area contributed by atoms with Gasteiger partial charge in [0, 0.05) is 11.8 Å². The molecule has 0 spiro atoms. The summed E-state index contributed by atoms with van der Waals surface area (Å²) in [6.07, 6.45) is -3.28. The third-order valence-corrected chi connectivity index (χ3v) is 1.92. The fourth-order valence-corrected chi connectivity index (χ4v) is 1.14. The van der Waals surface area contributed by atoms with Gasteiger partial charge in [0.2, 0.25) is 0 Å². The van der Waals surface area contributed by atoms with Gasteiger partial charge in [0.1, 0.15) is 5.75 Å². The normalized spacial score (nSPS) is 10.5. The second-order valence-electron chi connectivity index (χ2n) is 2.98. The summed E-state index contributed by atoms with van der Waals surface area (Å²) in [5, 5.41) is 0. The second-order valence-corrected chi connectivity index (χ2v) is 2.98. The number of nitrogens with two attached hydrogens (primary N) is 1. The largest absolute Gasteiger partial charge is 0.573 e. The zero-order valence-corrected chi connectivity index (χ0v) is 8.06. The topological polar surface area (TPSA) is 35.2 Å². The number of alkyl halides is 3. The number of rotatable bonds is 2. The maximum absolute atomic E-state index is 11.9. The molecule has 0 saturated carbocycles. The molecule has 16 heavy (non-hydrogen) atoms. The van der Waals surface area contributed by atoms with E-state index in [1.807, 2.05) is 0 Å². The minimum Gasteiger partial charge on any atom is -0.406 e. The van der Waals surface area contributed by atoms with Gasteiger partial charge in [0.25, 0.3) is 0 Å². The molecule has 0 bridgehead atoms. The van der Waals surface area contributed by atoms with Crippen molar-refractivity contribution in [1.29, 1.82) is 0 Å². The summed E-state index contributed by atoms with van der Waals surface area (Å²) >= 11 is 0. The number of ether oxygens (including phenoxy) is 1. The summed E-state index contributed by atoms with van der Waals surface area (Å²) in [6, 6.07) is 2.38. The zero-order chi connectivity index (χ0) is 11.6. The van der Waals surface area contributed by atoms with Crippen LogP contribution in [0.3, 0.4) is 0 Å². The molecule has 1 aromatic rings. The average Bonchev–Trinajstić information content (AvgIpc) is 2.08. The Labute approximate surface area is 92.5 Å². The highest BCUT2D eigenvalue weighted by molar-refractivity contribution is 5.64. The van der Waals surface area contributed by atoms with Crippen LogP contribution in [0.2, 0.25) is 0 Å². The third-order valence-electron chi connectivity index (χ3n) is 1.92. The van der Waals surface area contributed by atoms with Gasteiger partial charge in [-0.25, -0.2) is 0 Å². The van der Waals surface area contributed by atoms with Crippen molar-refractivity contribution in [3.63, 3.8) is 0 Å². The van der Waals surface area contributed by atoms with Gasteiger partial charge in [-0.2, -0.15) is 0 Å². The molecule has 0 saturated heterocycles. The number of hydrogen-bond acceptors (Lipinski definition) is 2. The van der Waals surface area contributed by atoms with Crippen molar-refractivity contribution in [3.8, 4) is 5.75 Å². The molecule has 2 nitrogen and oxygen atoms in total. The summed E-state index contributed by atoms with van der Waals surface area (Å²) in [7, 11) is 0. The van der Waals surface area contributed by atoms with Gasteiger partial charge in [-0.3, -0.25) is 0 Å². The molecule has 0 aromatic heterocycles. The van der Waals surface area contributed by atoms with Crippen molar-refractivity contribution in [2.45, 2.75) is 20.7 Å². The van der Waals surface area contributed by atoms with Gasteiger partial charge in [-0.15, -0.1) is 13.2 Å². The molecule has 0 aliphatic rings. The van der Waals surface area contributed by atoms with Gasteiger partial charge in [0.05, 0.1) is 0 Å². The van der Waals surface area contributed by atoms with E-state index in [0.717, 1.165) is 6.07 Å². The predicted octanol–water partition coefficient (Wildman–Crippen LogP) is 3.75. The molecule has 1 rings (SSSR count). The summed E-state index contributed by atoms with van der Waals surface area (Å²) in [5.74, 6) is -0.333. The third kappa shape index (κ3) is 3.49. The molecular weight excluding hydrogens is 219 g/mol. The van der Waals surface area contributed by atoms with Crippen LogP contribution in [0.15, 0.2) is 18.7 Å². The van der Waals surface area contributed by atoms with Crippen LogP contribution >= 0.6 is 0 Å². The van der Waals surface area contributed by atoms with E-state index in [0.29, 0.717) is 11.1 Å². The Hall–Kier alpha value is -1.65. The van der Waals surface area contributed by atoms with Crippen molar-refractivity contribution in [2.75, 3.05) is 5.73 Å². The molecule has 0 heterocycles. The van der Waals surface area contributed by atoms with Crippen molar-refractivity contribution in [2.24, 2.45) is 0 Å². The van der Waals surface area contributed by atoms with Gasteiger partial charge >= 0.3 is 6.36 Å². The minimum absolute atomic E-state index is 0. The summed E-state index contributed by atoms with van der Waals surface area (Å²) in [6.45, 7) is 5.18. The average molecular weight is 233 g/mol. The molecule has 5 heteroatoms. The van der Waals surface area contributed by atoms with Crippen molar-refractivity contribution in [1.82, 2.24) is 0 Å². The molecule has 0 aliphatic heterocycles. The van der Waals surface area contributed by atoms with Crippen molar-refractivity contribution >= 4 is 11.8 Å². The highest BCUT2D eigenvalue weighted by Gasteiger charge is 2.31. The standard InChI is InChI=1S/C10H10F3NO.CH4/c1-3-7-4-8(15-10(11,12)13)5-9(14)6(7)2;/h3-5H,1,14H2,2H3;1H4. The van der Waals surface area contributed by atoms with E-state index in [4.69, 9.17) is 5.73 Å². The maximum Gasteiger partial charge on any atom is 0.573 e.